The van der Waals surface area contributed by atoms with Gasteiger partial charge >= 0.3 is 0 Å². The maximum Gasteiger partial charge on any atom is 0.256 e. The standard InChI is InChI=1S/C21H22N4O2/c1-15-17(11-8-13-22-15)21(26)25-14-7-3-6-12-18(25)20-23-19(24-27-20)16-9-4-2-5-10-16/h2,4-5,8-11,13,18H,3,6-7,12,14H2,1H3. The number of pyridine rings is 1. The summed E-state index contributed by atoms with van der Waals surface area (Å²) >= 11 is 0. The molecule has 0 radical (unpaired) electrons. The predicted molar refractivity (Wildman–Crippen MR) is 101 cm³/mol. The van der Waals surface area contributed by atoms with E-state index in [-0.39, 0.29) is 11.9 Å². The molecular formula is C21H22N4O2. The van der Waals surface area contributed by atoms with Crippen molar-refractivity contribution in [1.29, 1.82) is 0 Å². The fourth-order valence-electron chi connectivity index (χ4n) is 3.55. The Morgan fingerprint density at radius 1 is 1.11 bits per heavy atom. The molecule has 1 amide bonds. The van der Waals surface area contributed by atoms with Gasteiger partial charge in [0.2, 0.25) is 11.7 Å². The molecule has 1 aliphatic rings. The molecule has 1 aromatic carbocycles. The van der Waals surface area contributed by atoms with Crippen molar-refractivity contribution in [2.45, 2.75) is 38.6 Å². The van der Waals surface area contributed by atoms with Gasteiger partial charge in [0.25, 0.3) is 5.91 Å². The summed E-state index contributed by atoms with van der Waals surface area (Å²) in [4.78, 5) is 24.0. The lowest BCUT2D eigenvalue weighted by molar-refractivity contribution is 0.0643. The Morgan fingerprint density at radius 3 is 2.78 bits per heavy atom. The van der Waals surface area contributed by atoms with Gasteiger partial charge < -0.3 is 9.42 Å². The van der Waals surface area contributed by atoms with Gasteiger partial charge in [0.15, 0.2) is 0 Å². The van der Waals surface area contributed by atoms with Gasteiger partial charge in [0.1, 0.15) is 6.04 Å². The highest BCUT2D eigenvalue weighted by Crippen LogP contribution is 2.32. The Hall–Kier alpha value is -3.02. The van der Waals surface area contributed by atoms with Crippen LogP contribution in [0.3, 0.4) is 0 Å². The second-order valence-corrected chi connectivity index (χ2v) is 6.82. The lowest BCUT2D eigenvalue weighted by atomic mass is 10.1. The summed E-state index contributed by atoms with van der Waals surface area (Å²) in [5, 5.41) is 4.14. The van der Waals surface area contributed by atoms with Crippen molar-refractivity contribution in [2.24, 2.45) is 0 Å². The lowest BCUT2D eigenvalue weighted by Crippen LogP contribution is -2.35. The first kappa shape index (κ1) is 17.4. The molecule has 3 heterocycles. The van der Waals surface area contributed by atoms with Crippen LogP contribution in [0.15, 0.2) is 53.2 Å². The van der Waals surface area contributed by atoms with Crippen LogP contribution in [0, 0.1) is 6.92 Å². The summed E-state index contributed by atoms with van der Waals surface area (Å²) in [6.07, 6.45) is 5.62. The number of hydrogen-bond acceptors (Lipinski definition) is 5. The summed E-state index contributed by atoms with van der Waals surface area (Å²) in [6, 6.07) is 13.2. The van der Waals surface area contributed by atoms with Gasteiger partial charge in [-0.15, -0.1) is 0 Å². The summed E-state index contributed by atoms with van der Waals surface area (Å²) in [7, 11) is 0. The van der Waals surface area contributed by atoms with Gasteiger partial charge in [0.05, 0.1) is 5.56 Å². The first-order valence-electron chi connectivity index (χ1n) is 9.35. The van der Waals surface area contributed by atoms with Crippen LogP contribution in [0.2, 0.25) is 0 Å². The molecule has 138 valence electrons. The van der Waals surface area contributed by atoms with Gasteiger partial charge in [-0.05, 0) is 31.9 Å². The summed E-state index contributed by atoms with van der Waals surface area (Å²) < 4.78 is 5.59. The fourth-order valence-corrected chi connectivity index (χ4v) is 3.55. The Morgan fingerprint density at radius 2 is 1.96 bits per heavy atom. The zero-order valence-corrected chi connectivity index (χ0v) is 15.3. The predicted octanol–water partition coefficient (Wildman–Crippen LogP) is 4.20. The normalized spacial score (nSPS) is 17.5. The molecular weight excluding hydrogens is 340 g/mol. The number of benzene rings is 1. The van der Waals surface area contributed by atoms with E-state index < -0.39 is 0 Å². The molecule has 0 N–H and O–H groups in total. The molecule has 27 heavy (non-hydrogen) atoms. The number of hydrogen-bond donors (Lipinski definition) is 0. The first-order valence-corrected chi connectivity index (χ1v) is 9.35. The van der Waals surface area contributed by atoms with E-state index in [1.54, 1.807) is 12.3 Å². The molecule has 0 spiro atoms. The smallest absolute Gasteiger partial charge is 0.256 e. The van der Waals surface area contributed by atoms with E-state index in [0.717, 1.165) is 36.9 Å². The SMILES string of the molecule is Cc1ncccc1C(=O)N1CCCCCC1c1nc(-c2ccccc2)no1. The van der Waals surface area contributed by atoms with Crippen LogP contribution in [-0.4, -0.2) is 32.5 Å². The minimum Gasteiger partial charge on any atom is -0.337 e. The Labute approximate surface area is 158 Å². The van der Waals surface area contributed by atoms with Crippen molar-refractivity contribution in [1.82, 2.24) is 20.0 Å². The van der Waals surface area contributed by atoms with Crippen molar-refractivity contribution >= 4 is 5.91 Å². The van der Waals surface area contributed by atoms with Gasteiger partial charge in [-0.3, -0.25) is 9.78 Å². The van der Waals surface area contributed by atoms with Crippen molar-refractivity contribution < 1.29 is 9.32 Å². The molecule has 0 aliphatic carbocycles. The molecule has 3 aromatic rings. The van der Waals surface area contributed by atoms with E-state index >= 15 is 0 Å². The average Bonchev–Trinajstić information content (AvgIpc) is 3.06. The number of aryl methyl sites for hydroxylation is 1. The highest BCUT2D eigenvalue weighted by Gasteiger charge is 2.32. The molecule has 2 aromatic heterocycles. The quantitative estimate of drug-likeness (QED) is 0.698. The molecule has 0 saturated carbocycles. The third-order valence-corrected chi connectivity index (χ3v) is 5.01. The average molecular weight is 362 g/mol. The minimum absolute atomic E-state index is 0.0213. The van der Waals surface area contributed by atoms with Crippen LogP contribution in [-0.2, 0) is 0 Å². The number of carbonyl (C=O) groups excluding carboxylic acids is 1. The molecule has 1 unspecified atom stereocenters. The molecule has 1 aliphatic heterocycles. The van der Waals surface area contributed by atoms with E-state index in [2.05, 4.69) is 15.1 Å². The highest BCUT2D eigenvalue weighted by molar-refractivity contribution is 5.95. The second kappa shape index (κ2) is 7.70. The number of aromatic nitrogens is 3. The van der Waals surface area contributed by atoms with Crippen LogP contribution in [0.25, 0.3) is 11.4 Å². The molecule has 1 atom stereocenters. The van der Waals surface area contributed by atoms with Crippen LogP contribution in [0.5, 0.6) is 0 Å². The molecule has 1 fully saturated rings. The Balaban J connectivity index is 1.66. The number of rotatable bonds is 3. The van der Waals surface area contributed by atoms with E-state index in [1.807, 2.05) is 48.2 Å². The van der Waals surface area contributed by atoms with Crippen LogP contribution in [0.4, 0.5) is 0 Å². The van der Waals surface area contributed by atoms with Crippen molar-refractivity contribution in [3.05, 3.63) is 65.8 Å². The zero-order chi connectivity index (χ0) is 18.6. The molecule has 6 nitrogen and oxygen atoms in total. The second-order valence-electron chi connectivity index (χ2n) is 6.82. The third kappa shape index (κ3) is 3.60. The van der Waals surface area contributed by atoms with Crippen molar-refractivity contribution in [3.63, 3.8) is 0 Å². The largest absolute Gasteiger partial charge is 0.337 e. The van der Waals surface area contributed by atoms with E-state index in [4.69, 9.17) is 4.52 Å². The van der Waals surface area contributed by atoms with Crippen molar-refractivity contribution in [2.75, 3.05) is 6.54 Å². The number of amides is 1. The monoisotopic (exact) mass is 362 g/mol. The first-order chi connectivity index (χ1) is 13.2. The van der Waals surface area contributed by atoms with Crippen molar-refractivity contribution in [3.8, 4) is 11.4 Å². The van der Waals surface area contributed by atoms with Crippen LogP contribution in [0.1, 0.15) is 53.7 Å². The van der Waals surface area contributed by atoms with Crippen LogP contribution < -0.4 is 0 Å². The molecule has 0 bridgehead atoms. The van der Waals surface area contributed by atoms with E-state index in [0.29, 0.717) is 23.8 Å². The summed E-state index contributed by atoms with van der Waals surface area (Å²) in [5.41, 5.74) is 2.27. The van der Waals surface area contributed by atoms with Gasteiger partial charge in [-0.1, -0.05) is 48.3 Å². The Bertz CT molecular complexity index is 923. The summed E-state index contributed by atoms with van der Waals surface area (Å²) in [6.45, 7) is 2.54. The van der Waals surface area contributed by atoms with Gasteiger partial charge in [0, 0.05) is 24.0 Å². The van der Waals surface area contributed by atoms with Crippen LogP contribution >= 0.6 is 0 Å². The number of carbonyl (C=O) groups is 1. The van der Waals surface area contributed by atoms with E-state index in [9.17, 15) is 4.79 Å². The summed E-state index contributed by atoms with van der Waals surface area (Å²) in [5.74, 6) is 1.04. The van der Waals surface area contributed by atoms with E-state index in [1.165, 1.54) is 0 Å². The Kier molecular flexibility index (Phi) is 4.96. The topological polar surface area (TPSA) is 72.1 Å². The highest BCUT2D eigenvalue weighted by atomic mass is 16.5. The number of likely N-dealkylation sites (tertiary alicyclic amines) is 1. The zero-order valence-electron chi connectivity index (χ0n) is 15.3. The van der Waals surface area contributed by atoms with Gasteiger partial charge in [-0.25, -0.2) is 0 Å². The fraction of sp³-hybridized carbons (Fsp3) is 0.333. The molecule has 6 heteroatoms. The minimum atomic E-state index is -0.204. The third-order valence-electron chi connectivity index (χ3n) is 5.01. The number of nitrogens with zero attached hydrogens (tertiary/aromatic N) is 4. The maximum absolute atomic E-state index is 13.2. The van der Waals surface area contributed by atoms with Gasteiger partial charge in [-0.2, -0.15) is 4.98 Å². The maximum atomic E-state index is 13.2. The molecule has 1 saturated heterocycles. The lowest BCUT2D eigenvalue weighted by Gasteiger charge is -2.27. The molecule has 4 rings (SSSR count).